The van der Waals surface area contributed by atoms with Gasteiger partial charge in [-0.2, -0.15) is 0 Å². The van der Waals surface area contributed by atoms with Crippen LogP contribution in [0.4, 0.5) is 0 Å². The molecule has 0 spiro atoms. The molecule has 26 heavy (non-hydrogen) atoms. The molecule has 1 aromatic carbocycles. The van der Waals surface area contributed by atoms with Gasteiger partial charge in [-0.3, -0.25) is 4.99 Å². The van der Waals surface area contributed by atoms with E-state index in [4.69, 9.17) is 14.2 Å². The maximum absolute atomic E-state index is 5.54. The van der Waals surface area contributed by atoms with Crippen molar-refractivity contribution < 1.29 is 14.2 Å². The highest BCUT2D eigenvalue weighted by Gasteiger charge is 2.16. The van der Waals surface area contributed by atoms with E-state index in [2.05, 4.69) is 25.8 Å². The fourth-order valence-electron chi connectivity index (χ4n) is 2.84. The summed E-state index contributed by atoms with van der Waals surface area (Å²) in [5.74, 6) is 2.67. The molecule has 0 radical (unpaired) electrons. The summed E-state index contributed by atoms with van der Waals surface area (Å²) >= 11 is 0. The molecule has 0 amide bonds. The van der Waals surface area contributed by atoms with Crippen LogP contribution in [0.2, 0.25) is 0 Å². The van der Waals surface area contributed by atoms with Gasteiger partial charge in [0.1, 0.15) is 0 Å². The third-order valence-corrected chi connectivity index (χ3v) is 4.25. The van der Waals surface area contributed by atoms with Gasteiger partial charge in [-0.1, -0.05) is 0 Å². The van der Waals surface area contributed by atoms with Crippen LogP contribution < -0.4 is 19.5 Å². The number of aromatic nitrogens is 1. The maximum Gasteiger partial charge on any atom is 0.203 e. The molecule has 0 aliphatic carbocycles. The second-order valence-corrected chi connectivity index (χ2v) is 5.86. The minimum absolute atomic E-state index is 0.549. The molecule has 1 N–H and O–H groups in total. The van der Waals surface area contributed by atoms with E-state index in [1.807, 2.05) is 38.5 Å². The lowest BCUT2D eigenvalue weighted by atomic mass is 10.1. The van der Waals surface area contributed by atoms with Crippen molar-refractivity contribution in [2.24, 2.45) is 12.0 Å². The van der Waals surface area contributed by atoms with Crippen LogP contribution >= 0.6 is 0 Å². The zero-order valence-corrected chi connectivity index (χ0v) is 16.4. The first-order valence-corrected chi connectivity index (χ1v) is 8.35. The van der Waals surface area contributed by atoms with Gasteiger partial charge in [0.15, 0.2) is 17.5 Å². The molecule has 0 aliphatic heterocycles. The number of benzene rings is 1. The predicted molar refractivity (Wildman–Crippen MR) is 103 cm³/mol. The summed E-state index contributed by atoms with van der Waals surface area (Å²) in [6.45, 7) is 1.31. The average Bonchev–Trinajstić information content (AvgIpc) is 3.05. The monoisotopic (exact) mass is 360 g/mol. The largest absolute Gasteiger partial charge is 0.493 e. The number of aryl methyl sites for hydroxylation is 1. The van der Waals surface area contributed by atoms with Crippen LogP contribution in [0.25, 0.3) is 0 Å². The van der Waals surface area contributed by atoms with Gasteiger partial charge in [0.05, 0.1) is 27.9 Å². The molecule has 0 atom stereocenters. The van der Waals surface area contributed by atoms with Crippen LogP contribution in [-0.2, 0) is 20.1 Å². The summed E-state index contributed by atoms with van der Waals surface area (Å²) in [4.78, 5) is 6.44. The number of methoxy groups -OCH3 is 3. The van der Waals surface area contributed by atoms with Crippen molar-refractivity contribution in [3.05, 3.63) is 41.7 Å². The molecule has 0 saturated heterocycles. The third kappa shape index (κ3) is 4.22. The Hall–Kier alpha value is -2.83. The predicted octanol–water partition coefficient (Wildman–Crippen LogP) is 2.26. The number of guanidine groups is 1. The average molecular weight is 360 g/mol. The highest BCUT2D eigenvalue weighted by atomic mass is 16.5. The SMILES string of the molecule is CN=C(NCc1ccc(OC)c(OC)c1OC)N(C)Cc1cccn1C. The highest BCUT2D eigenvalue weighted by Crippen LogP contribution is 2.39. The zero-order valence-electron chi connectivity index (χ0n) is 16.4. The Balaban J connectivity index is 2.12. The van der Waals surface area contributed by atoms with Gasteiger partial charge in [0, 0.05) is 45.1 Å². The summed E-state index contributed by atoms with van der Waals surface area (Å²) < 4.78 is 18.4. The van der Waals surface area contributed by atoms with E-state index in [1.165, 1.54) is 5.69 Å². The van der Waals surface area contributed by atoms with Gasteiger partial charge in [0.2, 0.25) is 5.75 Å². The van der Waals surface area contributed by atoms with Gasteiger partial charge in [0.25, 0.3) is 0 Å². The van der Waals surface area contributed by atoms with Gasteiger partial charge in [-0.15, -0.1) is 0 Å². The molecule has 0 fully saturated rings. The molecular formula is C19H28N4O3. The molecular weight excluding hydrogens is 332 g/mol. The van der Waals surface area contributed by atoms with Crippen LogP contribution in [-0.4, -0.2) is 50.9 Å². The Morgan fingerprint density at radius 2 is 1.85 bits per heavy atom. The molecule has 7 heteroatoms. The summed E-state index contributed by atoms with van der Waals surface area (Å²) in [5.41, 5.74) is 2.16. The summed E-state index contributed by atoms with van der Waals surface area (Å²) in [6.07, 6.45) is 2.04. The minimum Gasteiger partial charge on any atom is -0.493 e. The lowest BCUT2D eigenvalue weighted by Crippen LogP contribution is -2.38. The Morgan fingerprint density at radius 1 is 1.12 bits per heavy atom. The lowest BCUT2D eigenvalue weighted by molar-refractivity contribution is 0.322. The lowest BCUT2D eigenvalue weighted by Gasteiger charge is -2.23. The first-order valence-electron chi connectivity index (χ1n) is 8.35. The standard InChI is InChI=1S/C19H28N4O3/c1-20-19(23(3)13-15-8-7-11-22(15)2)21-12-14-9-10-16(24-4)18(26-6)17(14)25-5/h7-11H,12-13H2,1-6H3,(H,20,21). The van der Waals surface area contributed by atoms with E-state index in [9.17, 15) is 0 Å². The van der Waals surface area contributed by atoms with E-state index in [0.717, 1.165) is 18.1 Å². The molecule has 0 unspecified atom stereocenters. The highest BCUT2D eigenvalue weighted by molar-refractivity contribution is 5.79. The maximum atomic E-state index is 5.54. The van der Waals surface area contributed by atoms with Crippen molar-refractivity contribution in [2.45, 2.75) is 13.1 Å². The number of nitrogens with one attached hydrogen (secondary N) is 1. The van der Waals surface area contributed by atoms with E-state index in [1.54, 1.807) is 28.4 Å². The van der Waals surface area contributed by atoms with Crippen LogP contribution in [0, 0.1) is 0 Å². The summed E-state index contributed by atoms with van der Waals surface area (Å²) in [7, 11) is 10.6. The second-order valence-electron chi connectivity index (χ2n) is 5.86. The fourth-order valence-corrected chi connectivity index (χ4v) is 2.84. The molecule has 0 bridgehead atoms. The third-order valence-electron chi connectivity index (χ3n) is 4.25. The Labute approximate surface area is 155 Å². The van der Waals surface area contributed by atoms with E-state index < -0.39 is 0 Å². The molecule has 2 aromatic rings. The molecule has 142 valence electrons. The van der Waals surface area contributed by atoms with Crippen molar-refractivity contribution in [1.82, 2.24) is 14.8 Å². The van der Waals surface area contributed by atoms with E-state index in [0.29, 0.717) is 23.8 Å². The van der Waals surface area contributed by atoms with Gasteiger partial charge < -0.3 is 29.0 Å². The van der Waals surface area contributed by atoms with Crippen molar-refractivity contribution in [1.29, 1.82) is 0 Å². The number of hydrogen-bond acceptors (Lipinski definition) is 4. The Bertz CT molecular complexity index is 755. The van der Waals surface area contributed by atoms with Crippen molar-refractivity contribution in [2.75, 3.05) is 35.4 Å². The molecule has 0 aliphatic rings. The van der Waals surface area contributed by atoms with Crippen molar-refractivity contribution >= 4 is 5.96 Å². The number of aliphatic imine (C=N–C) groups is 1. The topological polar surface area (TPSA) is 60.3 Å². The quantitative estimate of drug-likeness (QED) is 0.606. The van der Waals surface area contributed by atoms with Crippen molar-refractivity contribution in [3.63, 3.8) is 0 Å². The number of rotatable bonds is 7. The Morgan fingerprint density at radius 3 is 2.38 bits per heavy atom. The zero-order chi connectivity index (χ0) is 19.1. The fraction of sp³-hybridized carbons (Fsp3) is 0.421. The smallest absolute Gasteiger partial charge is 0.203 e. The van der Waals surface area contributed by atoms with E-state index in [-0.39, 0.29) is 0 Å². The van der Waals surface area contributed by atoms with Crippen LogP contribution in [0.1, 0.15) is 11.3 Å². The van der Waals surface area contributed by atoms with Gasteiger partial charge in [-0.25, -0.2) is 0 Å². The summed E-state index contributed by atoms with van der Waals surface area (Å²) in [6, 6.07) is 7.96. The number of nitrogens with zero attached hydrogens (tertiary/aromatic N) is 3. The van der Waals surface area contributed by atoms with E-state index >= 15 is 0 Å². The van der Waals surface area contributed by atoms with Gasteiger partial charge in [-0.05, 0) is 24.3 Å². The first kappa shape index (κ1) is 19.5. The molecule has 0 saturated carbocycles. The molecule has 1 aromatic heterocycles. The molecule has 1 heterocycles. The van der Waals surface area contributed by atoms with Crippen LogP contribution in [0.3, 0.4) is 0 Å². The first-order chi connectivity index (χ1) is 12.5. The normalized spacial score (nSPS) is 11.2. The molecule has 2 rings (SSSR count). The summed E-state index contributed by atoms with van der Waals surface area (Å²) in [5, 5.41) is 3.37. The molecule has 7 nitrogen and oxygen atoms in total. The van der Waals surface area contributed by atoms with Crippen molar-refractivity contribution in [3.8, 4) is 17.2 Å². The number of ether oxygens (including phenoxy) is 3. The van der Waals surface area contributed by atoms with Crippen LogP contribution in [0.5, 0.6) is 17.2 Å². The Kier molecular flexibility index (Phi) is 6.77. The van der Waals surface area contributed by atoms with Crippen LogP contribution in [0.15, 0.2) is 35.5 Å². The number of hydrogen-bond donors (Lipinski definition) is 1. The van der Waals surface area contributed by atoms with Gasteiger partial charge >= 0.3 is 0 Å². The minimum atomic E-state index is 0.549. The second kappa shape index (κ2) is 9.03.